The summed E-state index contributed by atoms with van der Waals surface area (Å²) >= 11 is 9.81. The van der Waals surface area contributed by atoms with Gasteiger partial charge < -0.3 is 14.4 Å². The molecule has 0 unspecified atom stereocenters. The fourth-order valence-corrected chi connectivity index (χ4v) is 6.01. The lowest BCUT2D eigenvalue weighted by Crippen LogP contribution is -2.49. The van der Waals surface area contributed by atoms with E-state index in [4.69, 9.17) is 21.1 Å². The Morgan fingerprint density at radius 3 is 2.19 bits per heavy atom. The van der Waals surface area contributed by atoms with E-state index in [-0.39, 0.29) is 5.91 Å². The highest BCUT2D eigenvalue weighted by molar-refractivity contribution is 9.10. The van der Waals surface area contributed by atoms with Crippen molar-refractivity contribution >= 4 is 44.8 Å². The van der Waals surface area contributed by atoms with Crippen LogP contribution < -0.4 is 19.3 Å². The lowest BCUT2D eigenvalue weighted by Gasteiger charge is -2.46. The molecule has 0 N–H and O–H groups in total. The second kappa shape index (κ2) is 12.3. The van der Waals surface area contributed by atoms with Gasteiger partial charge in [0.2, 0.25) is 0 Å². The lowest BCUT2D eigenvalue weighted by molar-refractivity contribution is 0.0968. The number of hydrogen-bond acceptors (Lipinski definition) is 4. The monoisotopic (exact) mass is 638 g/mol. The van der Waals surface area contributed by atoms with Crippen LogP contribution in [0.2, 0.25) is 5.02 Å². The van der Waals surface area contributed by atoms with Gasteiger partial charge in [-0.15, -0.1) is 0 Å². The van der Waals surface area contributed by atoms with E-state index in [1.54, 1.807) is 7.11 Å². The van der Waals surface area contributed by atoms with Crippen LogP contribution in [0.3, 0.4) is 0 Å². The van der Waals surface area contributed by atoms with Crippen LogP contribution in [0, 0.1) is 0 Å². The van der Waals surface area contributed by atoms with E-state index in [1.165, 1.54) is 0 Å². The normalized spacial score (nSPS) is 14.5. The number of ether oxygens (including phenoxy) is 2. The van der Waals surface area contributed by atoms with E-state index in [1.807, 2.05) is 114 Å². The third kappa shape index (κ3) is 5.60. The summed E-state index contributed by atoms with van der Waals surface area (Å²) in [6.45, 7) is 0.935. The first-order chi connectivity index (χ1) is 20.5. The van der Waals surface area contributed by atoms with Crippen LogP contribution in [0.25, 0.3) is 0 Å². The molecule has 0 saturated heterocycles. The van der Waals surface area contributed by atoms with Crippen molar-refractivity contribution in [3.05, 3.63) is 153 Å². The Morgan fingerprint density at radius 1 is 0.810 bits per heavy atom. The number of hydrogen-bond donors (Lipinski definition) is 0. The first kappa shape index (κ1) is 27.9. The predicted octanol–water partition coefficient (Wildman–Crippen LogP) is 9.06. The topological polar surface area (TPSA) is 42.0 Å². The highest BCUT2D eigenvalue weighted by Crippen LogP contribution is 2.46. The summed E-state index contributed by atoms with van der Waals surface area (Å²) in [5.41, 5.74) is 5.33. The van der Waals surface area contributed by atoms with E-state index in [0.29, 0.717) is 35.2 Å². The first-order valence-electron chi connectivity index (χ1n) is 13.6. The van der Waals surface area contributed by atoms with Crippen molar-refractivity contribution < 1.29 is 14.3 Å². The number of benzene rings is 5. The minimum atomic E-state index is -0.467. The molecule has 6 rings (SSSR count). The van der Waals surface area contributed by atoms with Gasteiger partial charge in [-0.05, 0) is 75.6 Å². The van der Waals surface area contributed by atoms with Gasteiger partial charge in [0.05, 0.1) is 22.8 Å². The van der Waals surface area contributed by atoms with Crippen LogP contribution in [0.4, 0.5) is 11.4 Å². The molecule has 0 saturated carbocycles. The smallest absolute Gasteiger partial charge is 0.262 e. The molecule has 0 radical (unpaired) electrons. The number of carbonyl (C=O) groups excluding carboxylic acids is 1. The van der Waals surface area contributed by atoms with Gasteiger partial charge in [0.15, 0.2) is 11.5 Å². The highest BCUT2D eigenvalue weighted by Gasteiger charge is 2.40. The van der Waals surface area contributed by atoms with Crippen LogP contribution in [0.1, 0.15) is 33.2 Å². The van der Waals surface area contributed by atoms with Crippen molar-refractivity contribution in [2.45, 2.75) is 19.3 Å². The maximum Gasteiger partial charge on any atom is 0.262 e. The van der Waals surface area contributed by atoms with Crippen molar-refractivity contribution in [3.63, 3.8) is 0 Å². The maximum absolute atomic E-state index is 14.2. The summed E-state index contributed by atoms with van der Waals surface area (Å²) in [5.74, 6) is 1.08. The van der Waals surface area contributed by atoms with Crippen LogP contribution in [-0.2, 0) is 13.2 Å². The molecule has 0 aliphatic carbocycles. The number of nitrogens with zero attached hydrogens (tertiary/aromatic N) is 2. The molecule has 1 heterocycles. The summed E-state index contributed by atoms with van der Waals surface area (Å²) < 4.78 is 12.8. The Hall–Kier alpha value is -4.26. The molecule has 42 heavy (non-hydrogen) atoms. The molecule has 0 spiro atoms. The van der Waals surface area contributed by atoms with E-state index in [0.717, 1.165) is 32.5 Å². The number of anilines is 2. The molecule has 1 amide bonds. The van der Waals surface area contributed by atoms with Crippen molar-refractivity contribution in [2.75, 3.05) is 16.9 Å². The average Bonchev–Trinajstić information content (AvgIpc) is 3.03. The number of halogens is 2. The molecular weight excluding hydrogens is 612 g/mol. The molecule has 1 aliphatic rings. The van der Waals surface area contributed by atoms with Gasteiger partial charge in [-0.1, -0.05) is 84.4 Å². The SMILES string of the molecule is COc1cc([C@H]2N(Cc3ccccc3)c3ccccc3C(=O)N2c2ccccc2)cc(Br)c1OCc1ccc(Cl)cc1. The van der Waals surface area contributed by atoms with Gasteiger partial charge in [0.1, 0.15) is 12.8 Å². The highest BCUT2D eigenvalue weighted by atomic mass is 79.9. The summed E-state index contributed by atoms with van der Waals surface area (Å²) in [5, 5.41) is 0.675. The van der Waals surface area contributed by atoms with Crippen LogP contribution in [-0.4, -0.2) is 13.0 Å². The largest absolute Gasteiger partial charge is 0.493 e. The predicted molar refractivity (Wildman–Crippen MR) is 172 cm³/mol. The Bertz CT molecular complexity index is 1700. The maximum atomic E-state index is 14.2. The van der Waals surface area contributed by atoms with E-state index in [2.05, 4.69) is 33.0 Å². The molecule has 210 valence electrons. The van der Waals surface area contributed by atoms with Crippen molar-refractivity contribution in [1.29, 1.82) is 0 Å². The van der Waals surface area contributed by atoms with Crippen molar-refractivity contribution in [1.82, 2.24) is 0 Å². The van der Waals surface area contributed by atoms with Gasteiger partial charge >= 0.3 is 0 Å². The molecule has 1 aliphatic heterocycles. The van der Waals surface area contributed by atoms with E-state index < -0.39 is 6.17 Å². The van der Waals surface area contributed by atoms with Crippen molar-refractivity contribution in [2.24, 2.45) is 0 Å². The van der Waals surface area contributed by atoms with E-state index in [9.17, 15) is 4.79 Å². The Labute approximate surface area is 259 Å². The second-order valence-electron chi connectivity index (χ2n) is 9.96. The first-order valence-corrected chi connectivity index (χ1v) is 14.7. The van der Waals surface area contributed by atoms with Gasteiger partial charge in [0.25, 0.3) is 5.91 Å². The van der Waals surface area contributed by atoms with E-state index >= 15 is 0 Å². The summed E-state index contributed by atoms with van der Waals surface area (Å²) in [6, 6.07) is 39.4. The van der Waals surface area contributed by atoms with Gasteiger partial charge in [-0.3, -0.25) is 9.69 Å². The molecule has 7 heteroatoms. The average molecular weight is 640 g/mol. The Morgan fingerprint density at radius 2 is 1.48 bits per heavy atom. The molecule has 0 aromatic heterocycles. The van der Waals surface area contributed by atoms with Gasteiger partial charge in [0, 0.05) is 22.8 Å². The minimum absolute atomic E-state index is 0.0655. The number of rotatable bonds is 8. The third-order valence-corrected chi connectivity index (χ3v) is 8.12. The zero-order valence-electron chi connectivity index (χ0n) is 22.9. The standard InChI is InChI=1S/C35H28BrClN2O3/c1-41-32-21-26(20-30(36)33(32)42-23-25-16-18-27(37)19-17-25)34-38(22-24-10-4-2-5-11-24)31-15-9-8-14-29(31)35(40)39(34)28-12-6-3-7-13-28/h2-21,34H,22-23H2,1H3/t34-/m0/s1. The van der Waals surface area contributed by atoms with Crippen molar-refractivity contribution in [3.8, 4) is 11.5 Å². The van der Waals surface area contributed by atoms with Gasteiger partial charge in [-0.25, -0.2) is 0 Å². The minimum Gasteiger partial charge on any atom is -0.493 e. The van der Waals surface area contributed by atoms with Crippen LogP contribution in [0.15, 0.2) is 126 Å². The third-order valence-electron chi connectivity index (χ3n) is 7.28. The quantitative estimate of drug-likeness (QED) is 0.170. The molecule has 0 bridgehead atoms. The number of para-hydroxylation sites is 2. The summed E-state index contributed by atoms with van der Waals surface area (Å²) in [7, 11) is 1.62. The zero-order valence-corrected chi connectivity index (χ0v) is 25.3. The zero-order chi connectivity index (χ0) is 29.1. The molecule has 0 fully saturated rings. The molecule has 5 aromatic carbocycles. The fraction of sp³-hybridized carbons (Fsp3) is 0.114. The second-order valence-corrected chi connectivity index (χ2v) is 11.3. The molecule has 1 atom stereocenters. The number of amides is 1. The lowest BCUT2D eigenvalue weighted by atomic mass is 9.98. The molecule has 5 aromatic rings. The fourth-order valence-electron chi connectivity index (χ4n) is 5.31. The summed E-state index contributed by atoms with van der Waals surface area (Å²) in [6.07, 6.45) is -0.467. The summed E-state index contributed by atoms with van der Waals surface area (Å²) in [4.78, 5) is 18.3. The number of methoxy groups -OCH3 is 1. The Kier molecular flexibility index (Phi) is 8.17. The van der Waals surface area contributed by atoms with Crippen LogP contribution >= 0.6 is 27.5 Å². The van der Waals surface area contributed by atoms with Crippen LogP contribution in [0.5, 0.6) is 11.5 Å². The van der Waals surface area contributed by atoms with Gasteiger partial charge in [-0.2, -0.15) is 0 Å². The molecular formula is C35H28BrClN2O3. The number of fused-ring (bicyclic) bond motifs is 1. The molecule has 5 nitrogen and oxygen atoms in total. The Balaban J connectivity index is 1.47. The number of carbonyl (C=O) groups is 1.